The second-order valence-electron chi connectivity index (χ2n) is 5.23. The normalized spacial score (nSPS) is 23.2. The van der Waals surface area contributed by atoms with Crippen LogP contribution < -0.4 is 4.74 Å². The second kappa shape index (κ2) is 5.33. The first-order valence-electron chi connectivity index (χ1n) is 6.76. The van der Waals surface area contributed by atoms with Gasteiger partial charge < -0.3 is 14.9 Å². The summed E-state index contributed by atoms with van der Waals surface area (Å²) in [6, 6.07) is 5.63. The van der Waals surface area contributed by atoms with E-state index in [0.717, 1.165) is 28.9 Å². The summed E-state index contributed by atoms with van der Waals surface area (Å²) >= 11 is 4.33. The molecule has 3 rings (SSSR count). The van der Waals surface area contributed by atoms with Crippen molar-refractivity contribution in [1.29, 1.82) is 0 Å². The Balaban J connectivity index is 2.37. The molecule has 0 saturated heterocycles. The molecule has 0 saturated carbocycles. The zero-order valence-corrected chi connectivity index (χ0v) is 14.4. The van der Waals surface area contributed by atoms with Gasteiger partial charge in [0.1, 0.15) is 11.4 Å². The highest BCUT2D eigenvalue weighted by molar-refractivity contribution is 9.09. The fraction of sp³-hybridized carbons (Fsp3) is 0.333. The van der Waals surface area contributed by atoms with Crippen LogP contribution in [0, 0.1) is 0 Å². The lowest BCUT2D eigenvalue weighted by atomic mass is 9.97. The van der Waals surface area contributed by atoms with E-state index in [9.17, 15) is 15.0 Å². The number of alkyl halides is 1. The quantitative estimate of drug-likeness (QED) is 0.776. The van der Waals surface area contributed by atoms with Crippen molar-refractivity contribution >= 4 is 33.2 Å². The molecule has 2 atom stereocenters. The van der Waals surface area contributed by atoms with Crippen LogP contribution in [0.4, 0.5) is 0 Å². The van der Waals surface area contributed by atoms with Crippen molar-refractivity contribution in [3.05, 3.63) is 33.6 Å². The summed E-state index contributed by atoms with van der Waals surface area (Å²) < 4.78 is 5.84. The van der Waals surface area contributed by atoms with Crippen molar-refractivity contribution in [2.45, 2.75) is 30.9 Å². The molecule has 0 radical (unpaired) electrons. The van der Waals surface area contributed by atoms with E-state index in [2.05, 4.69) is 20.9 Å². The summed E-state index contributed by atoms with van der Waals surface area (Å²) in [5, 5.41) is 19.3. The van der Waals surface area contributed by atoms with Crippen LogP contribution in [0.3, 0.4) is 0 Å². The highest BCUT2D eigenvalue weighted by Gasteiger charge is 2.43. The maximum atomic E-state index is 11.3. The minimum absolute atomic E-state index is 0.0382. The van der Waals surface area contributed by atoms with Gasteiger partial charge in [0.05, 0.1) is 10.6 Å². The van der Waals surface area contributed by atoms with Crippen LogP contribution in [0.1, 0.15) is 34.1 Å². The van der Waals surface area contributed by atoms with E-state index < -0.39 is 16.6 Å². The van der Waals surface area contributed by atoms with Crippen LogP contribution in [0.2, 0.25) is 0 Å². The van der Waals surface area contributed by atoms with Crippen LogP contribution in [0.15, 0.2) is 18.2 Å². The zero-order chi connectivity index (χ0) is 16.1. The first-order valence-corrected chi connectivity index (χ1v) is 8.49. The summed E-state index contributed by atoms with van der Waals surface area (Å²) in [5.74, 6) is -0.515. The van der Waals surface area contributed by atoms with Gasteiger partial charge >= 0.3 is 5.97 Å². The summed E-state index contributed by atoms with van der Waals surface area (Å²) in [5.41, 5.74) is 0.858. The standard InChI is InChI=1S/C15H14BrNO4S/c1-3-7-5-4-6-8-9(7)10-11(15(2,20)14(16)21-8)22-12(17-10)13(18)19/h4-6,14,20H,3H2,1-2H3,(H,18,19). The van der Waals surface area contributed by atoms with Gasteiger partial charge in [0.15, 0.2) is 5.01 Å². The summed E-state index contributed by atoms with van der Waals surface area (Å²) in [6.45, 7) is 3.60. The van der Waals surface area contributed by atoms with Gasteiger partial charge in [0, 0.05) is 5.56 Å². The molecule has 7 heteroatoms. The highest BCUT2D eigenvalue weighted by Crippen LogP contribution is 2.48. The Bertz CT molecular complexity index is 756. The summed E-state index contributed by atoms with van der Waals surface area (Å²) in [6.07, 6.45) is 0.751. The number of ether oxygens (including phenoxy) is 1. The summed E-state index contributed by atoms with van der Waals surface area (Å²) in [7, 11) is 0. The number of benzene rings is 1. The monoisotopic (exact) mass is 383 g/mol. The Morgan fingerprint density at radius 1 is 1.55 bits per heavy atom. The lowest BCUT2D eigenvalue weighted by Gasteiger charge is -2.26. The van der Waals surface area contributed by atoms with E-state index in [0.29, 0.717) is 16.3 Å². The molecule has 2 heterocycles. The molecule has 1 aliphatic heterocycles. The van der Waals surface area contributed by atoms with Gasteiger partial charge in [-0.15, -0.1) is 11.3 Å². The minimum Gasteiger partial charge on any atom is -0.476 e. The smallest absolute Gasteiger partial charge is 0.365 e. The van der Waals surface area contributed by atoms with Crippen LogP contribution in [0.25, 0.3) is 11.3 Å². The van der Waals surface area contributed by atoms with Gasteiger partial charge in [-0.3, -0.25) is 0 Å². The van der Waals surface area contributed by atoms with E-state index in [4.69, 9.17) is 4.74 Å². The Kier molecular flexibility index (Phi) is 3.74. The third-order valence-corrected chi connectivity index (χ3v) is 6.02. The number of aryl methyl sites for hydroxylation is 1. The van der Waals surface area contributed by atoms with Gasteiger partial charge in [-0.1, -0.05) is 19.1 Å². The number of aromatic nitrogens is 1. The van der Waals surface area contributed by atoms with Crippen molar-refractivity contribution in [2.24, 2.45) is 0 Å². The SMILES string of the molecule is CCc1cccc2c1-c1nc(C(=O)O)sc1C(C)(O)C(Br)O2. The van der Waals surface area contributed by atoms with Crippen molar-refractivity contribution in [1.82, 2.24) is 4.98 Å². The van der Waals surface area contributed by atoms with Gasteiger partial charge in [0.2, 0.25) is 5.01 Å². The predicted molar refractivity (Wildman–Crippen MR) is 86.8 cm³/mol. The van der Waals surface area contributed by atoms with Crippen molar-refractivity contribution in [3.8, 4) is 17.0 Å². The largest absolute Gasteiger partial charge is 0.476 e. The zero-order valence-electron chi connectivity index (χ0n) is 12.0. The number of hydrogen-bond donors (Lipinski definition) is 2. The number of thiazole rings is 1. The first kappa shape index (κ1) is 15.5. The first-order chi connectivity index (χ1) is 10.4. The Morgan fingerprint density at radius 3 is 2.91 bits per heavy atom. The van der Waals surface area contributed by atoms with E-state index in [1.54, 1.807) is 13.0 Å². The van der Waals surface area contributed by atoms with E-state index >= 15 is 0 Å². The van der Waals surface area contributed by atoms with E-state index in [1.807, 2.05) is 19.1 Å². The molecule has 0 aliphatic carbocycles. The van der Waals surface area contributed by atoms with Gasteiger partial charge in [-0.05, 0) is 40.9 Å². The number of aliphatic hydroxyl groups is 1. The van der Waals surface area contributed by atoms with Crippen molar-refractivity contribution < 1.29 is 19.7 Å². The molecule has 0 bridgehead atoms. The maximum Gasteiger partial charge on any atom is 0.365 e. The van der Waals surface area contributed by atoms with Crippen molar-refractivity contribution in [2.75, 3.05) is 0 Å². The van der Waals surface area contributed by atoms with Crippen LogP contribution in [0.5, 0.6) is 5.75 Å². The number of rotatable bonds is 2. The van der Waals surface area contributed by atoms with Crippen LogP contribution in [-0.4, -0.2) is 26.2 Å². The van der Waals surface area contributed by atoms with E-state index in [1.165, 1.54) is 0 Å². The topological polar surface area (TPSA) is 79.7 Å². The molecule has 0 amide bonds. The number of nitrogens with zero attached hydrogens (tertiary/aromatic N) is 1. The predicted octanol–water partition coefficient (Wildman–Crippen LogP) is 3.39. The molecule has 1 aromatic heterocycles. The molecule has 116 valence electrons. The average Bonchev–Trinajstić information content (AvgIpc) is 2.89. The third-order valence-electron chi connectivity index (χ3n) is 3.67. The Morgan fingerprint density at radius 2 is 2.27 bits per heavy atom. The molecule has 1 aliphatic rings. The summed E-state index contributed by atoms with van der Waals surface area (Å²) in [4.78, 5) is 16.0. The number of carbonyl (C=O) groups is 1. The molecular formula is C15H14BrNO4S. The maximum absolute atomic E-state index is 11.3. The molecule has 22 heavy (non-hydrogen) atoms. The lowest BCUT2D eigenvalue weighted by Crippen LogP contribution is -2.34. The fourth-order valence-corrected chi connectivity index (χ4v) is 4.05. The third kappa shape index (κ3) is 2.24. The van der Waals surface area contributed by atoms with Gasteiger partial charge in [-0.25, -0.2) is 9.78 Å². The second-order valence-corrected chi connectivity index (χ2v) is 7.06. The molecular weight excluding hydrogens is 370 g/mol. The molecule has 0 fully saturated rings. The Hall–Kier alpha value is -1.44. The molecule has 2 aromatic rings. The van der Waals surface area contributed by atoms with Crippen LogP contribution in [-0.2, 0) is 12.0 Å². The van der Waals surface area contributed by atoms with Gasteiger partial charge in [0.25, 0.3) is 0 Å². The number of hydrogen-bond acceptors (Lipinski definition) is 5. The molecule has 2 N–H and O–H groups in total. The Labute approximate surface area is 139 Å². The number of carboxylic acids is 1. The number of carboxylic acid groups (broad SMARTS) is 1. The minimum atomic E-state index is -1.38. The average molecular weight is 384 g/mol. The molecule has 5 nitrogen and oxygen atoms in total. The highest BCUT2D eigenvalue weighted by atomic mass is 79.9. The number of halogens is 1. The number of fused-ring (bicyclic) bond motifs is 3. The fourth-order valence-electron chi connectivity index (χ4n) is 2.49. The molecule has 2 unspecified atom stereocenters. The van der Waals surface area contributed by atoms with E-state index in [-0.39, 0.29) is 5.01 Å². The number of aromatic carboxylic acids is 1. The van der Waals surface area contributed by atoms with Crippen molar-refractivity contribution in [3.63, 3.8) is 0 Å². The molecule has 1 aromatic carbocycles. The van der Waals surface area contributed by atoms with Crippen LogP contribution >= 0.6 is 27.3 Å². The lowest BCUT2D eigenvalue weighted by molar-refractivity contribution is -0.00163. The molecule has 0 spiro atoms. The van der Waals surface area contributed by atoms with Gasteiger partial charge in [-0.2, -0.15) is 0 Å².